The normalized spacial score (nSPS) is 12.9. The highest BCUT2D eigenvalue weighted by atomic mass is 16.3. The third-order valence-corrected chi connectivity index (χ3v) is 2.42. The van der Waals surface area contributed by atoms with Crippen LogP contribution in [0.3, 0.4) is 0 Å². The van der Waals surface area contributed by atoms with Gasteiger partial charge in [0.1, 0.15) is 11.5 Å². The summed E-state index contributed by atoms with van der Waals surface area (Å²) in [5, 5.41) is 9.90. The van der Waals surface area contributed by atoms with Crippen molar-refractivity contribution < 1.29 is 9.52 Å². The van der Waals surface area contributed by atoms with E-state index < -0.39 is 6.10 Å². The molecule has 0 saturated carbocycles. The Bertz CT molecular complexity index is 323. The van der Waals surface area contributed by atoms with Crippen LogP contribution in [0.25, 0.3) is 0 Å². The summed E-state index contributed by atoms with van der Waals surface area (Å²) in [5.41, 5.74) is 1.95. The van der Waals surface area contributed by atoms with Crippen molar-refractivity contribution >= 4 is 0 Å². The van der Waals surface area contributed by atoms with Gasteiger partial charge in [-0.1, -0.05) is 19.1 Å². The molecule has 1 aromatic rings. The molecule has 14 heavy (non-hydrogen) atoms. The van der Waals surface area contributed by atoms with Gasteiger partial charge in [0.15, 0.2) is 0 Å². The molecular weight excluding hydrogens is 176 g/mol. The molecule has 1 atom stereocenters. The van der Waals surface area contributed by atoms with Crippen LogP contribution in [-0.2, 0) is 0 Å². The molecule has 0 saturated heterocycles. The number of aliphatic hydroxyl groups excluding tert-OH is 1. The van der Waals surface area contributed by atoms with Gasteiger partial charge in [0.25, 0.3) is 0 Å². The van der Waals surface area contributed by atoms with Gasteiger partial charge in [-0.05, 0) is 32.8 Å². The number of aliphatic hydroxyl groups is 1. The number of hydrogen-bond acceptors (Lipinski definition) is 2. The molecule has 1 rings (SSSR count). The summed E-state index contributed by atoms with van der Waals surface area (Å²) in [5.74, 6) is 1.65. The van der Waals surface area contributed by atoms with Gasteiger partial charge >= 0.3 is 0 Å². The number of rotatable bonds is 4. The van der Waals surface area contributed by atoms with Crippen molar-refractivity contribution in [2.45, 2.75) is 39.7 Å². The molecule has 2 nitrogen and oxygen atoms in total. The second kappa shape index (κ2) is 4.47. The van der Waals surface area contributed by atoms with Crippen molar-refractivity contribution in [1.29, 1.82) is 0 Å². The standard InChI is InChI=1S/C12H18O2/c1-5-8(2)6-12(13)11-7-9(3)14-10(11)4/h7,12-13H,2,5-6H2,1,3-4H3. The average Bonchev–Trinajstić information content (AvgIpc) is 2.45. The van der Waals surface area contributed by atoms with Gasteiger partial charge in [0.2, 0.25) is 0 Å². The lowest BCUT2D eigenvalue weighted by Gasteiger charge is -2.10. The molecule has 0 aliphatic rings. The second-order valence-electron chi connectivity index (χ2n) is 3.69. The minimum Gasteiger partial charge on any atom is -0.466 e. The lowest BCUT2D eigenvalue weighted by Crippen LogP contribution is -1.98. The molecule has 1 aromatic heterocycles. The fourth-order valence-corrected chi connectivity index (χ4v) is 1.51. The average molecular weight is 194 g/mol. The largest absolute Gasteiger partial charge is 0.466 e. The Hall–Kier alpha value is -1.02. The zero-order chi connectivity index (χ0) is 10.7. The maximum Gasteiger partial charge on any atom is 0.106 e. The van der Waals surface area contributed by atoms with E-state index in [0.717, 1.165) is 29.1 Å². The lowest BCUT2D eigenvalue weighted by atomic mass is 10.0. The van der Waals surface area contributed by atoms with Gasteiger partial charge in [-0.2, -0.15) is 0 Å². The monoisotopic (exact) mass is 194 g/mol. The summed E-state index contributed by atoms with van der Waals surface area (Å²) in [6.07, 6.45) is 1.06. The highest BCUT2D eigenvalue weighted by Gasteiger charge is 2.14. The van der Waals surface area contributed by atoms with Gasteiger partial charge in [0, 0.05) is 5.56 Å². The lowest BCUT2D eigenvalue weighted by molar-refractivity contribution is 0.175. The molecule has 0 spiro atoms. The van der Waals surface area contributed by atoms with E-state index in [9.17, 15) is 5.11 Å². The summed E-state index contributed by atoms with van der Waals surface area (Å²) >= 11 is 0. The number of aryl methyl sites for hydroxylation is 2. The second-order valence-corrected chi connectivity index (χ2v) is 3.69. The first-order valence-electron chi connectivity index (χ1n) is 4.96. The number of furan rings is 1. The van der Waals surface area contributed by atoms with Gasteiger partial charge in [-0.25, -0.2) is 0 Å². The van der Waals surface area contributed by atoms with Gasteiger partial charge in [0.05, 0.1) is 6.10 Å². The molecule has 0 bridgehead atoms. The number of hydrogen-bond donors (Lipinski definition) is 1. The molecular formula is C12H18O2. The topological polar surface area (TPSA) is 33.4 Å². The fourth-order valence-electron chi connectivity index (χ4n) is 1.51. The summed E-state index contributed by atoms with van der Waals surface area (Å²) in [6.45, 7) is 9.69. The van der Waals surface area contributed by atoms with Crippen molar-refractivity contribution in [3.63, 3.8) is 0 Å². The van der Waals surface area contributed by atoms with Crippen molar-refractivity contribution in [3.8, 4) is 0 Å². The van der Waals surface area contributed by atoms with E-state index >= 15 is 0 Å². The molecule has 1 N–H and O–H groups in total. The Labute approximate surface area is 85.2 Å². The summed E-state index contributed by atoms with van der Waals surface area (Å²) < 4.78 is 5.36. The van der Waals surface area contributed by atoms with Crippen LogP contribution in [0.5, 0.6) is 0 Å². The van der Waals surface area contributed by atoms with Crippen LogP contribution >= 0.6 is 0 Å². The van der Waals surface area contributed by atoms with Crippen molar-refractivity contribution in [1.82, 2.24) is 0 Å². The van der Waals surface area contributed by atoms with Crippen LogP contribution in [0, 0.1) is 13.8 Å². The van der Waals surface area contributed by atoms with Crippen LogP contribution in [0.15, 0.2) is 22.6 Å². The van der Waals surface area contributed by atoms with E-state index in [1.807, 2.05) is 26.8 Å². The zero-order valence-electron chi connectivity index (χ0n) is 9.13. The van der Waals surface area contributed by atoms with Gasteiger partial charge < -0.3 is 9.52 Å². The molecule has 0 aromatic carbocycles. The predicted molar refractivity (Wildman–Crippen MR) is 57.2 cm³/mol. The molecule has 0 aliphatic heterocycles. The highest BCUT2D eigenvalue weighted by Crippen LogP contribution is 2.26. The third-order valence-electron chi connectivity index (χ3n) is 2.42. The van der Waals surface area contributed by atoms with Crippen molar-refractivity contribution in [2.75, 3.05) is 0 Å². The first-order valence-corrected chi connectivity index (χ1v) is 4.96. The first-order chi connectivity index (χ1) is 6.54. The Balaban J connectivity index is 2.73. The minimum absolute atomic E-state index is 0.472. The van der Waals surface area contributed by atoms with Crippen LogP contribution < -0.4 is 0 Å². The smallest absolute Gasteiger partial charge is 0.106 e. The summed E-state index contributed by atoms with van der Waals surface area (Å²) in [6, 6.07) is 1.89. The van der Waals surface area contributed by atoms with E-state index in [1.54, 1.807) is 0 Å². The Morgan fingerprint density at radius 1 is 1.57 bits per heavy atom. The highest BCUT2D eigenvalue weighted by molar-refractivity contribution is 5.23. The van der Waals surface area contributed by atoms with Crippen molar-refractivity contribution in [3.05, 3.63) is 35.3 Å². The van der Waals surface area contributed by atoms with Crippen molar-refractivity contribution in [2.24, 2.45) is 0 Å². The van der Waals surface area contributed by atoms with Crippen LogP contribution in [-0.4, -0.2) is 5.11 Å². The molecule has 0 radical (unpaired) electrons. The molecule has 78 valence electrons. The molecule has 0 aliphatic carbocycles. The summed E-state index contributed by atoms with van der Waals surface area (Å²) in [7, 11) is 0. The summed E-state index contributed by atoms with van der Waals surface area (Å²) in [4.78, 5) is 0. The molecule has 1 heterocycles. The van der Waals surface area contributed by atoms with Crippen LogP contribution in [0.2, 0.25) is 0 Å². The third kappa shape index (κ3) is 2.48. The molecule has 0 amide bonds. The van der Waals surface area contributed by atoms with E-state index in [4.69, 9.17) is 4.42 Å². The molecule has 2 heteroatoms. The van der Waals surface area contributed by atoms with E-state index in [0.29, 0.717) is 6.42 Å². The Morgan fingerprint density at radius 3 is 2.64 bits per heavy atom. The van der Waals surface area contributed by atoms with Gasteiger partial charge in [-0.15, -0.1) is 0 Å². The minimum atomic E-state index is -0.472. The van der Waals surface area contributed by atoms with Crippen LogP contribution in [0.1, 0.15) is 43.0 Å². The maximum atomic E-state index is 9.90. The van der Waals surface area contributed by atoms with Gasteiger partial charge in [-0.3, -0.25) is 0 Å². The fraction of sp³-hybridized carbons (Fsp3) is 0.500. The Morgan fingerprint density at radius 2 is 2.21 bits per heavy atom. The Kier molecular flexibility index (Phi) is 3.53. The van der Waals surface area contributed by atoms with E-state index in [-0.39, 0.29) is 0 Å². The molecule has 1 unspecified atom stereocenters. The first kappa shape index (κ1) is 11.1. The SMILES string of the molecule is C=C(CC)CC(O)c1cc(C)oc1C. The van der Waals surface area contributed by atoms with E-state index in [1.165, 1.54) is 0 Å². The van der Waals surface area contributed by atoms with Crippen LogP contribution in [0.4, 0.5) is 0 Å². The van der Waals surface area contributed by atoms with E-state index in [2.05, 4.69) is 6.58 Å². The molecule has 0 fully saturated rings. The zero-order valence-corrected chi connectivity index (χ0v) is 9.13. The maximum absolute atomic E-state index is 9.90. The quantitative estimate of drug-likeness (QED) is 0.746. The predicted octanol–water partition coefficient (Wildman–Crippen LogP) is 3.29.